The lowest BCUT2D eigenvalue weighted by Gasteiger charge is -2.34. The Morgan fingerprint density at radius 1 is 1.12 bits per heavy atom. The van der Waals surface area contributed by atoms with Gasteiger partial charge < -0.3 is 10.2 Å². The highest BCUT2D eigenvalue weighted by Gasteiger charge is 2.18. The molecule has 25 heavy (non-hydrogen) atoms. The monoisotopic (exact) mass is 451 g/mol. The molecule has 0 spiro atoms. The molecule has 1 aliphatic rings. The molecule has 1 fully saturated rings. The number of anilines is 1. The van der Waals surface area contributed by atoms with Gasteiger partial charge in [0.25, 0.3) is 5.91 Å². The highest BCUT2D eigenvalue weighted by atomic mass is 127. The van der Waals surface area contributed by atoms with E-state index in [0.29, 0.717) is 6.54 Å². The summed E-state index contributed by atoms with van der Waals surface area (Å²) in [5.74, 6) is 0.816. The van der Waals surface area contributed by atoms with Crippen LogP contribution < -0.4 is 10.2 Å². The molecule has 1 aromatic carbocycles. The lowest BCUT2D eigenvalue weighted by Crippen LogP contribution is -2.47. The van der Waals surface area contributed by atoms with Crippen molar-refractivity contribution in [3.8, 4) is 0 Å². The number of benzene rings is 1. The summed E-state index contributed by atoms with van der Waals surface area (Å²) in [6.45, 7) is 5.59. The lowest BCUT2D eigenvalue weighted by atomic mass is 10.2. The van der Waals surface area contributed by atoms with Crippen molar-refractivity contribution in [1.29, 1.82) is 0 Å². The van der Waals surface area contributed by atoms with Crippen molar-refractivity contribution in [3.63, 3.8) is 0 Å². The van der Waals surface area contributed by atoms with Gasteiger partial charge in [-0.1, -0.05) is 6.07 Å². The topological polar surface area (TPSA) is 61.4 Å². The molecule has 0 unspecified atom stereocenters. The summed E-state index contributed by atoms with van der Waals surface area (Å²) in [5.41, 5.74) is 0.725. The molecule has 7 heteroatoms. The molecule has 1 N–H and O–H groups in total. The van der Waals surface area contributed by atoms with Gasteiger partial charge in [-0.05, 0) is 59.8 Å². The van der Waals surface area contributed by atoms with Crippen molar-refractivity contribution in [2.75, 3.05) is 44.2 Å². The molecule has 2 heterocycles. The summed E-state index contributed by atoms with van der Waals surface area (Å²) >= 11 is 2.22. The minimum absolute atomic E-state index is 0.00422. The minimum Gasteiger partial charge on any atom is -0.352 e. The first-order valence-corrected chi connectivity index (χ1v) is 9.58. The summed E-state index contributed by atoms with van der Waals surface area (Å²) in [7, 11) is 0. The molecule has 0 saturated carbocycles. The van der Waals surface area contributed by atoms with Gasteiger partial charge >= 0.3 is 0 Å². The highest BCUT2D eigenvalue weighted by molar-refractivity contribution is 14.1. The van der Waals surface area contributed by atoms with Crippen LogP contribution in [-0.2, 0) is 0 Å². The summed E-state index contributed by atoms with van der Waals surface area (Å²) in [4.78, 5) is 25.4. The van der Waals surface area contributed by atoms with Gasteiger partial charge in [0.15, 0.2) is 0 Å². The first-order chi connectivity index (χ1) is 12.2. The SMILES string of the molecule is O=C(NCCCN1CCN(c2ncccn2)CC1)c1cccc(I)c1. The maximum Gasteiger partial charge on any atom is 0.251 e. The van der Waals surface area contributed by atoms with Crippen molar-refractivity contribution >= 4 is 34.4 Å². The van der Waals surface area contributed by atoms with Gasteiger partial charge in [0.05, 0.1) is 0 Å². The van der Waals surface area contributed by atoms with Crippen molar-refractivity contribution in [2.24, 2.45) is 0 Å². The normalized spacial score (nSPS) is 15.2. The largest absolute Gasteiger partial charge is 0.352 e. The molecule has 3 rings (SSSR count). The number of rotatable bonds is 6. The average molecular weight is 451 g/mol. The molecule has 0 atom stereocenters. The number of carbonyl (C=O) groups is 1. The van der Waals surface area contributed by atoms with Crippen LogP contribution in [0.15, 0.2) is 42.7 Å². The van der Waals surface area contributed by atoms with Gasteiger partial charge in [-0.3, -0.25) is 9.69 Å². The zero-order valence-electron chi connectivity index (χ0n) is 14.1. The standard InChI is InChI=1S/C18H22IN5O/c19-16-5-1-4-15(14-16)17(25)20-8-3-9-23-10-12-24(13-11-23)18-21-6-2-7-22-18/h1-2,4-7,14H,3,8-13H2,(H,20,25). The van der Waals surface area contributed by atoms with Crippen LogP contribution in [0.5, 0.6) is 0 Å². The second kappa shape index (κ2) is 9.10. The van der Waals surface area contributed by atoms with E-state index in [2.05, 4.69) is 47.7 Å². The fourth-order valence-electron chi connectivity index (χ4n) is 2.86. The first-order valence-electron chi connectivity index (χ1n) is 8.50. The Morgan fingerprint density at radius 3 is 2.60 bits per heavy atom. The number of aromatic nitrogens is 2. The van der Waals surface area contributed by atoms with E-state index in [1.165, 1.54) is 0 Å². The van der Waals surface area contributed by atoms with E-state index >= 15 is 0 Å². The van der Waals surface area contributed by atoms with E-state index in [0.717, 1.165) is 54.2 Å². The van der Waals surface area contributed by atoms with Gasteiger partial charge in [0, 0.05) is 54.3 Å². The maximum absolute atomic E-state index is 12.1. The summed E-state index contributed by atoms with van der Waals surface area (Å²) in [6.07, 6.45) is 4.52. The first kappa shape index (κ1) is 18.1. The van der Waals surface area contributed by atoms with Crippen LogP contribution in [-0.4, -0.2) is 60.0 Å². The smallest absolute Gasteiger partial charge is 0.251 e. The summed E-state index contributed by atoms with van der Waals surface area (Å²) in [5, 5.41) is 3.00. The third kappa shape index (κ3) is 5.37. The third-order valence-electron chi connectivity index (χ3n) is 4.23. The van der Waals surface area contributed by atoms with E-state index in [1.807, 2.05) is 30.3 Å². The molecule has 1 saturated heterocycles. The Bertz CT molecular complexity index is 689. The zero-order valence-corrected chi connectivity index (χ0v) is 16.2. The second-order valence-corrected chi connectivity index (χ2v) is 7.24. The molecule has 6 nitrogen and oxygen atoms in total. The predicted molar refractivity (Wildman–Crippen MR) is 107 cm³/mol. The van der Waals surface area contributed by atoms with E-state index in [-0.39, 0.29) is 5.91 Å². The number of amides is 1. The molecular weight excluding hydrogens is 429 g/mol. The zero-order chi connectivity index (χ0) is 17.5. The summed E-state index contributed by atoms with van der Waals surface area (Å²) in [6, 6.07) is 9.48. The molecule has 0 bridgehead atoms. The molecule has 1 aliphatic heterocycles. The van der Waals surface area contributed by atoms with E-state index in [4.69, 9.17) is 0 Å². The van der Waals surface area contributed by atoms with Gasteiger partial charge in [-0.25, -0.2) is 9.97 Å². The Hall–Kier alpha value is -1.74. The number of carbonyl (C=O) groups excluding carboxylic acids is 1. The van der Waals surface area contributed by atoms with Crippen molar-refractivity contribution < 1.29 is 4.79 Å². The van der Waals surface area contributed by atoms with Gasteiger partial charge in [-0.2, -0.15) is 0 Å². The molecule has 2 aromatic rings. The van der Waals surface area contributed by atoms with E-state index in [9.17, 15) is 4.79 Å². The Labute approximate surface area is 161 Å². The maximum atomic E-state index is 12.1. The van der Waals surface area contributed by atoms with Crippen LogP contribution in [0, 0.1) is 3.57 Å². The molecular formula is C18H22IN5O. The van der Waals surface area contributed by atoms with Gasteiger partial charge in [-0.15, -0.1) is 0 Å². The minimum atomic E-state index is 0.00422. The Morgan fingerprint density at radius 2 is 1.88 bits per heavy atom. The molecule has 1 aromatic heterocycles. The van der Waals surface area contributed by atoms with Crippen molar-refractivity contribution in [3.05, 3.63) is 51.9 Å². The number of nitrogens with zero attached hydrogens (tertiary/aromatic N) is 4. The van der Waals surface area contributed by atoms with E-state index < -0.39 is 0 Å². The number of hydrogen-bond acceptors (Lipinski definition) is 5. The van der Waals surface area contributed by atoms with E-state index in [1.54, 1.807) is 12.4 Å². The van der Waals surface area contributed by atoms with Crippen LogP contribution in [0.3, 0.4) is 0 Å². The molecule has 0 aliphatic carbocycles. The summed E-state index contributed by atoms with van der Waals surface area (Å²) < 4.78 is 1.07. The van der Waals surface area contributed by atoms with Crippen molar-refractivity contribution in [1.82, 2.24) is 20.2 Å². The Kier molecular flexibility index (Phi) is 6.57. The number of hydrogen-bond donors (Lipinski definition) is 1. The molecule has 132 valence electrons. The Balaban J connectivity index is 1.34. The van der Waals surface area contributed by atoms with Crippen LogP contribution >= 0.6 is 22.6 Å². The molecule has 0 radical (unpaired) electrons. The number of nitrogens with one attached hydrogen (secondary N) is 1. The fraction of sp³-hybridized carbons (Fsp3) is 0.389. The third-order valence-corrected chi connectivity index (χ3v) is 4.90. The van der Waals surface area contributed by atoms with Crippen LogP contribution in [0.25, 0.3) is 0 Å². The molecule has 1 amide bonds. The number of halogens is 1. The lowest BCUT2D eigenvalue weighted by molar-refractivity contribution is 0.0951. The predicted octanol–water partition coefficient (Wildman–Crippen LogP) is 2.02. The fourth-order valence-corrected chi connectivity index (χ4v) is 3.41. The van der Waals surface area contributed by atoms with Crippen LogP contribution in [0.2, 0.25) is 0 Å². The quantitative estimate of drug-likeness (QED) is 0.538. The highest BCUT2D eigenvalue weighted by Crippen LogP contribution is 2.10. The van der Waals surface area contributed by atoms with Crippen molar-refractivity contribution in [2.45, 2.75) is 6.42 Å². The average Bonchev–Trinajstić information content (AvgIpc) is 2.66. The second-order valence-electron chi connectivity index (χ2n) is 6.00. The number of piperazine rings is 1. The van der Waals surface area contributed by atoms with Gasteiger partial charge in [0.2, 0.25) is 5.95 Å². The van der Waals surface area contributed by atoms with Crippen LogP contribution in [0.1, 0.15) is 16.8 Å². The van der Waals surface area contributed by atoms with Gasteiger partial charge in [0.1, 0.15) is 0 Å². The van der Waals surface area contributed by atoms with Crippen LogP contribution in [0.4, 0.5) is 5.95 Å².